The van der Waals surface area contributed by atoms with Crippen LogP contribution in [-0.2, 0) is 4.74 Å². The monoisotopic (exact) mass is 250 g/mol. The lowest BCUT2D eigenvalue weighted by molar-refractivity contribution is 0.0368. The lowest BCUT2D eigenvalue weighted by Gasteiger charge is -2.12. The minimum Gasteiger partial charge on any atom is -0.458 e. The third-order valence-corrected chi connectivity index (χ3v) is 2.10. The fourth-order valence-electron chi connectivity index (χ4n) is 1.44. The number of Topliss-reactive ketones (excluding diaryl/α,β-unsaturated/α-hetero) is 1. The minimum atomic E-state index is -0.562. The van der Waals surface area contributed by atoms with Gasteiger partial charge < -0.3 is 9.64 Å². The van der Waals surface area contributed by atoms with Gasteiger partial charge in [0.15, 0.2) is 11.5 Å². The van der Waals surface area contributed by atoms with E-state index in [2.05, 4.69) is 4.98 Å². The average molecular weight is 250 g/mol. The molecule has 98 valence electrons. The van der Waals surface area contributed by atoms with E-state index < -0.39 is 5.97 Å². The molecule has 0 atom stereocenters. The van der Waals surface area contributed by atoms with Gasteiger partial charge in [-0.3, -0.25) is 4.79 Å². The Hall–Kier alpha value is -1.75. The van der Waals surface area contributed by atoms with Crippen LogP contribution in [-0.4, -0.2) is 48.4 Å². The Balaban J connectivity index is 2.99. The van der Waals surface area contributed by atoms with Gasteiger partial charge >= 0.3 is 5.97 Å². The molecule has 1 aromatic heterocycles. The van der Waals surface area contributed by atoms with Crippen molar-refractivity contribution in [2.45, 2.75) is 20.0 Å². The quantitative estimate of drug-likeness (QED) is 0.584. The number of rotatable bonds is 5. The van der Waals surface area contributed by atoms with Crippen molar-refractivity contribution in [3.05, 3.63) is 29.6 Å². The SMILES string of the molecule is CC(C)OC(=O)c1ncccc1C(=O)CN(C)C. The molecule has 5 heteroatoms. The number of hydrogen-bond acceptors (Lipinski definition) is 5. The molecule has 0 N–H and O–H groups in total. The molecule has 0 aromatic carbocycles. The molecule has 5 nitrogen and oxygen atoms in total. The van der Waals surface area contributed by atoms with Crippen molar-refractivity contribution >= 4 is 11.8 Å². The number of ether oxygens (including phenoxy) is 1. The maximum atomic E-state index is 12.0. The predicted molar refractivity (Wildman–Crippen MR) is 67.7 cm³/mol. The van der Waals surface area contributed by atoms with Crippen molar-refractivity contribution < 1.29 is 14.3 Å². The van der Waals surface area contributed by atoms with Crippen molar-refractivity contribution in [1.82, 2.24) is 9.88 Å². The van der Waals surface area contributed by atoms with Gasteiger partial charge in [0.05, 0.1) is 18.2 Å². The zero-order valence-electron chi connectivity index (χ0n) is 11.1. The zero-order chi connectivity index (χ0) is 13.7. The van der Waals surface area contributed by atoms with Gasteiger partial charge in [-0.15, -0.1) is 0 Å². The molecule has 0 fully saturated rings. The van der Waals surface area contributed by atoms with E-state index in [-0.39, 0.29) is 24.1 Å². The van der Waals surface area contributed by atoms with Crippen LogP contribution >= 0.6 is 0 Å². The van der Waals surface area contributed by atoms with Crippen LogP contribution in [0.4, 0.5) is 0 Å². The largest absolute Gasteiger partial charge is 0.458 e. The summed E-state index contributed by atoms with van der Waals surface area (Å²) in [6.45, 7) is 3.73. The molecule has 1 rings (SSSR count). The number of carbonyl (C=O) groups is 2. The molecule has 0 radical (unpaired) electrons. The highest BCUT2D eigenvalue weighted by atomic mass is 16.5. The topological polar surface area (TPSA) is 59.5 Å². The highest BCUT2D eigenvalue weighted by Crippen LogP contribution is 2.09. The van der Waals surface area contributed by atoms with Crippen molar-refractivity contribution in [2.24, 2.45) is 0 Å². The molecule has 0 aliphatic heterocycles. The molecule has 0 unspecified atom stereocenters. The zero-order valence-corrected chi connectivity index (χ0v) is 11.1. The maximum absolute atomic E-state index is 12.0. The Morgan fingerprint density at radius 1 is 1.39 bits per heavy atom. The second-order valence-electron chi connectivity index (χ2n) is 4.51. The van der Waals surface area contributed by atoms with Crippen LogP contribution in [0.2, 0.25) is 0 Å². The number of esters is 1. The van der Waals surface area contributed by atoms with Crippen LogP contribution in [0.25, 0.3) is 0 Å². The second-order valence-corrected chi connectivity index (χ2v) is 4.51. The number of aromatic nitrogens is 1. The van der Waals surface area contributed by atoms with Gasteiger partial charge in [0.2, 0.25) is 0 Å². The average Bonchev–Trinajstić information content (AvgIpc) is 2.27. The summed E-state index contributed by atoms with van der Waals surface area (Å²) in [6, 6.07) is 3.23. The summed E-state index contributed by atoms with van der Waals surface area (Å²) in [6.07, 6.45) is 1.24. The standard InChI is InChI=1S/C13H18N2O3/c1-9(2)18-13(17)12-10(6-5-7-14-12)11(16)8-15(3)4/h5-7,9H,8H2,1-4H3. The van der Waals surface area contributed by atoms with Gasteiger partial charge in [0.25, 0.3) is 0 Å². The van der Waals surface area contributed by atoms with Gasteiger partial charge in [0.1, 0.15) is 0 Å². The molecule has 0 spiro atoms. The van der Waals surface area contributed by atoms with Crippen molar-refractivity contribution in [3.63, 3.8) is 0 Å². The number of hydrogen-bond donors (Lipinski definition) is 0. The molecule has 1 heterocycles. The minimum absolute atomic E-state index is 0.0815. The van der Waals surface area contributed by atoms with Crippen LogP contribution < -0.4 is 0 Å². The molecular weight excluding hydrogens is 232 g/mol. The molecular formula is C13H18N2O3. The molecule has 0 aliphatic rings. The van der Waals surface area contributed by atoms with Crippen LogP contribution in [0.5, 0.6) is 0 Å². The van der Waals surface area contributed by atoms with E-state index in [1.54, 1.807) is 45.0 Å². The van der Waals surface area contributed by atoms with E-state index in [1.807, 2.05) is 0 Å². The summed E-state index contributed by atoms with van der Waals surface area (Å²) in [4.78, 5) is 29.5. The van der Waals surface area contributed by atoms with E-state index >= 15 is 0 Å². The summed E-state index contributed by atoms with van der Waals surface area (Å²) in [5.74, 6) is -0.712. The van der Waals surface area contributed by atoms with Gasteiger partial charge in [-0.1, -0.05) is 0 Å². The number of carbonyl (C=O) groups excluding carboxylic acids is 2. The molecule has 0 aliphatic carbocycles. The van der Waals surface area contributed by atoms with E-state index in [0.29, 0.717) is 5.56 Å². The highest BCUT2D eigenvalue weighted by molar-refractivity contribution is 6.06. The van der Waals surface area contributed by atoms with Crippen molar-refractivity contribution in [2.75, 3.05) is 20.6 Å². The summed E-state index contributed by atoms with van der Waals surface area (Å²) in [5, 5.41) is 0. The predicted octanol–water partition coefficient (Wildman–Crippen LogP) is 1.39. The number of nitrogens with zero attached hydrogens (tertiary/aromatic N) is 2. The van der Waals surface area contributed by atoms with Crippen molar-refractivity contribution in [1.29, 1.82) is 0 Å². The highest BCUT2D eigenvalue weighted by Gasteiger charge is 2.20. The normalized spacial score (nSPS) is 10.8. The third-order valence-electron chi connectivity index (χ3n) is 2.10. The molecule has 0 amide bonds. The molecule has 0 bridgehead atoms. The molecule has 0 saturated carbocycles. The van der Waals surface area contributed by atoms with Crippen LogP contribution in [0.1, 0.15) is 34.7 Å². The maximum Gasteiger partial charge on any atom is 0.357 e. The van der Waals surface area contributed by atoms with Crippen LogP contribution in [0.15, 0.2) is 18.3 Å². The first kappa shape index (κ1) is 14.3. The van der Waals surface area contributed by atoms with Gasteiger partial charge in [-0.05, 0) is 40.1 Å². The van der Waals surface area contributed by atoms with Crippen LogP contribution in [0, 0.1) is 0 Å². The van der Waals surface area contributed by atoms with Gasteiger partial charge in [0, 0.05) is 6.20 Å². The van der Waals surface area contributed by atoms with Gasteiger partial charge in [-0.2, -0.15) is 0 Å². The Morgan fingerprint density at radius 3 is 2.61 bits per heavy atom. The second kappa shape index (κ2) is 6.26. The van der Waals surface area contributed by atoms with E-state index in [4.69, 9.17) is 4.74 Å². The summed E-state index contributed by atoms with van der Waals surface area (Å²) in [5.41, 5.74) is 0.384. The number of likely N-dealkylation sites (N-methyl/N-ethyl adjacent to an activating group) is 1. The third kappa shape index (κ3) is 3.92. The first-order chi connectivity index (χ1) is 8.41. The summed E-state index contributed by atoms with van der Waals surface area (Å²) in [7, 11) is 3.58. The first-order valence-electron chi connectivity index (χ1n) is 5.75. The number of ketones is 1. The van der Waals surface area contributed by atoms with Crippen molar-refractivity contribution in [3.8, 4) is 0 Å². The Morgan fingerprint density at radius 2 is 2.06 bits per heavy atom. The van der Waals surface area contributed by atoms with Gasteiger partial charge in [-0.25, -0.2) is 9.78 Å². The lowest BCUT2D eigenvalue weighted by Crippen LogP contribution is -2.24. The fraction of sp³-hybridized carbons (Fsp3) is 0.462. The lowest BCUT2D eigenvalue weighted by atomic mass is 10.1. The molecule has 18 heavy (non-hydrogen) atoms. The molecule has 1 aromatic rings. The Labute approximate surface area is 107 Å². The Kier molecular flexibility index (Phi) is 4.97. The smallest absolute Gasteiger partial charge is 0.357 e. The fourth-order valence-corrected chi connectivity index (χ4v) is 1.44. The van der Waals surface area contributed by atoms with E-state index in [1.165, 1.54) is 6.20 Å². The molecule has 0 saturated heterocycles. The van der Waals surface area contributed by atoms with Crippen LogP contribution in [0.3, 0.4) is 0 Å². The summed E-state index contributed by atoms with van der Waals surface area (Å²) < 4.78 is 5.06. The van der Waals surface area contributed by atoms with E-state index in [0.717, 1.165) is 0 Å². The summed E-state index contributed by atoms with van der Waals surface area (Å²) >= 11 is 0. The number of pyridine rings is 1. The van der Waals surface area contributed by atoms with E-state index in [9.17, 15) is 9.59 Å². The Bertz CT molecular complexity index is 401. The first-order valence-corrected chi connectivity index (χ1v) is 5.75.